The number of ether oxygens (including phenoxy) is 2. The van der Waals surface area contributed by atoms with Crippen LogP contribution in [0.3, 0.4) is 0 Å². The second-order valence-electron chi connectivity index (χ2n) is 7.35. The predicted octanol–water partition coefficient (Wildman–Crippen LogP) is -1.15. The monoisotopic (exact) mass is 423 g/mol. The van der Waals surface area contributed by atoms with Crippen molar-refractivity contribution in [3.8, 4) is 0 Å². The predicted molar refractivity (Wildman–Crippen MR) is 92.8 cm³/mol. The van der Waals surface area contributed by atoms with E-state index in [0.29, 0.717) is 13.2 Å². The molecule has 0 N–H and O–H groups in total. The first-order valence-electron chi connectivity index (χ1n) is 9.61. The molecule has 2 bridgehead atoms. The lowest BCUT2D eigenvalue weighted by molar-refractivity contribution is -2.00. The summed E-state index contributed by atoms with van der Waals surface area (Å²) in [6.45, 7) is 9.96. The second kappa shape index (κ2) is 7.92. The lowest BCUT2D eigenvalue weighted by atomic mass is 9.56. The van der Waals surface area contributed by atoms with Gasteiger partial charge in [0.15, 0.2) is 23.7 Å². The van der Waals surface area contributed by atoms with E-state index in [2.05, 4.69) is 80.9 Å². The average molecular weight is 424 g/mol. The maximum absolute atomic E-state index is 8.49. The summed E-state index contributed by atoms with van der Waals surface area (Å²) in [6.07, 6.45) is 2.20. The molecule has 29 heavy (non-hydrogen) atoms. The average Bonchev–Trinajstić information content (AvgIpc) is 2.65. The number of halogens is 1. The molecule has 0 saturated heterocycles. The first-order chi connectivity index (χ1) is 13.6. The lowest BCUT2D eigenvalue weighted by Crippen LogP contribution is -2.74. The molecule has 3 aliphatic rings. The van der Waals surface area contributed by atoms with Crippen molar-refractivity contribution in [3.05, 3.63) is 65.5 Å². The first kappa shape index (κ1) is 22.1. The van der Waals surface area contributed by atoms with Crippen LogP contribution in [0.15, 0.2) is 48.7 Å². The number of hydrogen-bond acceptors (Lipinski definition) is 6. The van der Waals surface area contributed by atoms with Gasteiger partial charge in [-0.15, -0.1) is 10.2 Å². The zero-order chi connectivity index (χ0) is 21.4. The van der Waals surface area contributed by atoms with E-state index in [1.54, 1.807) is 0 Å². The van der Waals surface area contributed by atoms with Crippen LogP contribution in [0.25, 0.3) is 0 Å². The fraction of sp³-hybridized carbons (Fsp3) is 0.476. The Hall–Kier alpha value is -1.58. The van der Waals surface area contributed by atoms with Crippen LogP contribution < -0.4 is 23.2 Å². The summed E-state index contributed by atoms with van der Waals surface area (Å²) >= 11 is 0. The molecule has 5 rings (SSSR count). The number of pyridine rings is 1. The molecule has 1 aromatic heterocycles. The van der Waals surface area contributed by atoms with E-state index in [1.807, 2.05) is 0 Å². The third-order valence-corrected chi connectivity index (χ3v) is 6.01. The first-order valence-corrected chi connectivity index (χ1v) is 10.8. The molecule has 1 aromatic carbocycles. The Kier molecular flexibility index (Phi) is 6.04. The molecule has 158 valence electrons. The number of fused-ring (bicyclic) bond motifs is 1. The Morgan fingerprint density at radius 2 is 1.52 bits per heavy atom. The van der Waals surface area contributed by atoms with E-state index in [4.69, 9.17) is 28.1 Å². The van der Waals surface area contributed by atoms with Gasteiger partial charge < -0.3 is 9.47 Å². The van der Waals surface area contributed by atoms with Crippen molar-refractivity contribution in [1.82, 2.24) is 0 Å². The highest BCUT2D eigenvalue weighted by atomic mass is 35.7. The molecule has 3 atom stereocenters. The normalized spacial score (nSPS) is 26.2. The largest absolute Gasteiger partial charge is 0.348 e. The van der Waals surface area contributed by atoms with Crippen LogP contribution in [0.1, 0.15) is 50.6 Å². The van der Waals surface area contributed by atoms with Crippen LogP contribution in [0.2, 0.25) is 0 Å². The molecule has 1 aliphatic carbocycles. The van der Waals surface area contributed by atoms with Gasteiger partial charge in [0.2, 0.25) is 0 Å². The van der Waals surface area contributed by atoms with Gasteiger partial charge in [0, 0.05) is 30.9 Å². The molecule has 7 nitrogen and oxygen atoms in total. The van der Waals surface area contributed by atoms with Gasteiger partial charge in [0.25, 0.3) is 0 Å². The van der Waals surface area contributed by atoms with Gasteiger partial charge in [-0.2, -0.15) is 4.57 Å². The van der Waals surface area contributed by atoms with Gasteiger partial charge in [-0.05, 0) is 26.3 Å². The standard InChI is InChI=1S/C21H26NO2.ClHO4/c1-5-23-21(24-6-2)15(3)19-16-11-7-8-12-17(16)20(21,4)18-13-9-10-14-22(18)19;2-1(3,4)5/h7-15,19H,5-6H2,1-4H3;(H,2,3,4,5)/q+1;/p-1. The number of benzene rings is 1. The highest BCUT2D eigenvalue weighted by molar-refractivity contribution is 5.49. The molecule has 0 amide bonds. The van der Waals surface area contributed by atoms with E-state index in [9.17, 15) is 0 Å². The van der Waals surface area contributed by atoms with Crippen molar-refractivity contribution in [2.75, 3.05) is 13.2 Å². The summed E-state index contributed by atoms with van der Waals surface area (Å²) < 4.78 is 49.3. The number of hydrogen-bond donors (Lipinski definition) is 0. The SMILES string of the molecule is CCOC1(OCC)C(C)C2c3ccccc3C1(C)c1cccc[n+]12.[O-][Cl+3]([O-])([O-])[O-]. The number of nitrogens with zero attached hydrogens (tertiary/aromatic N) is 1. The second-order valence-corrected chi connectivity index (χ2v) is 8.11. The summed E-state index contributed by atoms with van der Waals surface area (Å²) in [5.74, 6) is -0.422. The highest BCUT2D eigenvalue weighted by Gasteiger charge is 2.71. The van der Waals surface area contributed by atoms with Crippen LogP contribution in [0.5, 0.6) is 0 Å². The van der Waals surface area contributed by atoms with Gasteiger partial charge in [-0.3, -0.25) is 0 Å². The Morgan fingerprint density at radius 3 is 2.10 bits per heavy atom. The third kappa shape index (κ3) is 3.47. The zero-order valence-corrected chi connectivity index (χ0v) is 17.7. The lowest BCUT2D eigenvalue weighted by Gasteiger charge is -2.57. The summed E-state index contributed by atoms with van der Waals surface area (Å²) in [4.78, 5) is 0. The van der Waals surface area contributed by atoms with Gasteiger partial charge in [-0.25, -0.2) is 18.6 Å². The number of aromatic nitrogens is 1. The summed E-state index contributed by atoms with van der Waals surface area (Å²) in [5.41, 5.74) is 3.66. The number of rotatable bonds is 4. The summed E-state index contributed by atoms with van der Waals surface area (Å²) in [7, 11) is -4.94. The Labute approximate surface area is 172 Å². The molecule has 8 heteroatoms. The molecule has 2 aliphatic heterocycles. The van der Waals surface area contributed by atoms with Gasteiger partial charge >= 0.3 is 0 Å². The Balaban J connectivity index is 0.000000431. The van der Waals surface area contributed by atoms with Crippen LogP contribution in [0.4, 0.5) is 0 Å². The minimum Gasteiger partial charge on any atom is -0.348 e. The van der Waals surface area contributed by atoms with E-state index < -0.39 is 16.0 Å². The van der Waals surface area contributed by atoms with Gasteiger partial charge in [0.1, 0.15) is 5.41 Å². The molecule has 0 saturated carbocycles. The van der Waals surface area contributed by atoms with Crippen molar-refractivity contribution < 1.29 is 42.9 Å². The fourth-order valence-corrected chi connectivity index (χ4v) is 5.18. The topological polar surface area (TPSA) is 115 Å². The molecular weight excluding hydrogens is 398 g/mol. The molecule has 3 unspecified atom stereocenters. The molecule has 0 spiro atoms. The van der Waals surface area contributed by atoms with E-state index in [1.165, 1.54) is 16.8 Å². The molecule has 0 fully saturated rings. The van der Waals surface area contributed by atoms with Crippen LogP contribution >= 0.6 is 0 Å². The van der Waals surface area contributed by atoms with Crippen molar-refractivity contribution in [1.29, 1.82) is 0 Å². The molecular formula is C21H26ClNO6. The maximum atomic E-state index is 8.49. The van der Waals surface area contributed by atoms with Crippen molar-refractivity contribution in [2.24, 2.45) is 5.92 Å². The van der Waals surface area contributed by atoms with Gasteiger partial charge in [-0.1, -0.05) is 37.3 Å². The zero-order valence-electron chi connectivity index (χ0n) is 17.0. The minimum atomic E-state index is -4.94. The van der Waals surface area contributed by atoms with Crippen LogP contribution in [0, 0.1) is 16.2 Å². The van der Waals surface area contributed by atoms with E-state index in [0.717, 1.165) is 0 Å². The van der Waals surface area contributed by atoms with Crippen LogP contribution in [-0.4, -0.2) is 19.0 Å². The van der Waals surface area contributed by atoms with Crippen molar-refractivity contribution in [2.45, 2.75) is 44.9 Å². The Morgan fingerprint density at radius 1 is 0.966 bits per heavy atom. The van der Waals surface area contributed by atoms with Crippen molar-refractivity contribution in [3.63, 3.8) is 0 Å². The van der Waals surface area contributed by atoms with Crippen LogP contribution in [-0.2, 0) is 14.9 Å². The Bertz CT molecular complexity index is 809. The minimum absolute atomic E-state index is 0.220. The van der Waals surface area contributed by atoms with Crippen molar-refractivity contribution >= 4 is 0 Å². The summed E-state index contributed by atoms with van der Waals surface area (Å²) in [5, 5.41) is 0. The third-order valence-electron chi connectivity index (χ3n) is 6.01. The maximum Gasteiger partial charge on any atom is 0.197 e. The molecule has 3 heterocycles. The highest BCUT2D eigenvalue weighted by Crippen LogP contribution is 2.59. The molecule has 2 aromatic rings. The fourth-order valence-electron chi connectivity index (χ4n) is 5.18. The molecule has 0 radical (unpaired) electrons. The quantitative estimate of drug-likeness (QED) is 0.453. The summed E-state index contributed by atoms with van der Waals surface area (Å²) in [6, 6.07) is 15.5. The van der Waals surface area contributed by atoms with Gasteiger partial charge in [0.05, 0.1) is 5.92 Å². The van der Waals surface area contributed by atoms with E-state index >= 15 is 0 Å². The smallest absolute Gasteiger partial charge is 0.197 e. The van der Waals surface area contributed by atoms with E-state index in [-0.39, 0.29) is 17.4 Å².